The van der Waals surface area contributed by atoms with Crippen LogP contribution in [0.15, 0.2) is 23.2 Å². The van der Waals surface area contributed by atoms with E-state index in [1.165, 1.54) is 41.9 Å². The minimum Gasteiger partial charge on any atom is -0.348 e. The highest BCUT2D eigenvalue weighted by atomic mass is 32.1. The molecule has 1 aliphatic carbocycles. The Kier molecular flexibility index (Phi) is 4.05. The number of amides is 1. The molecule has 1 saturated carbocycles. The number of rotatable bonds is 3. The van der Waals surface area contributed by atoms with Crippen LogP contribution in [0.3, 0.4) is 0 Å². The van der Waals surface area contributed by atoms with E-state index < -0.39 is 0 Å². The largest absolute Gasteiger partial charge is 0.348 e. The van der Waals surface area contributed by atoms with Gasteiger partial charge in [-0.1, -0.05) is 19.3 Å². The van der Waals surface area contributed by atoms with Gasteiger partial charge >= 0.3 is 0 Å². The lowest BCUT2D eigenvalue weighted by atomic mass is 9.95. The summed E-state index contributed by atoms with van der Waals surface area (Å²) >= 11 is 2.99. The van der Waals surface area contributed by atoms with Crippen molar-refractivity contribution in [2.45, 2.75) is 38.1 Å². The second kappa shape index (κ2) is 6.33. The highest BCUT2D eigenvalue weighted by molar-refractivity contribution is 7.17. The van der Waals surface area contributed by atoms with Gasteiger partial charge in [0.1, 0.15) is 5.69 Å². The molecule has 0 bridgehead atoms. The summed E-state index contributed by atoms with van der Waals surface area (Å²) in [6.07, 6.45) is 7.51. The van der Waals surface area contributed by atoms with E-state index in [-0.39, 0.29) is 11.9 Å². The van der Waals surface area contributed by atoms with E-state index in [1.807, 2.05) is 11.4 Å². The van der Waals surface area contributed by atoms with Crippen molar-refractivity contribution in [1.82, 2.24) is 20.3 Å². The van der Waals surface area contributed by atoms with Gasteiger partial charge in [0.2, 0.25) is 0 Å². The van der Waals surface area contributed by atoms with Crippen LogP contribution in [0.5, 0.6) is 0 Å². The van der Waals surface area contributed by atoms with Crippen LogP contribution in [0, 0.1) is 0 Å². The van der Waals surface area contributed by atoms with Crippen molar-refractivity contribution in [2.24, 2.45) is 0 Å². The summed E-state index contributed by atoms with van der Waals surface area (Å²) < 4.78 is 0.853. The Labute approximate surface area is 141 Å². The van der Waals surface area contributed by atoms with Crippen LogP contribution in [0.2, 0.25) is 0 Å². The summed E-state index contributed by atoms with van der Waals surface area (Å²) in [5.41, 5.74) is 3.05. The summed E-state index contributed by atoms with van der Waals surface area (Å²) in [7, 11) is 0. The molecular formula is C16H16N4OS2. The molecule has 7 heteroatoms. The average molecular weight is 344 g/mol. The van der Waals surface area contributed by atoms with Gasteiger partial charge in [-0.3, -0.25) is 9.78 Å². The van der Waals surface area contributed by atoms with Gasteiger partial charge in [-0.05, 0) is 24.3 Å². The quantitative estimate of drug-likeness (QED) is 0.783. The van der Waals surface area contributed by atoms with E-state index in [9.17, 15) is 4.79 Å². The van der Waals surface area contributed by atoms with Crippen LogP contribution in [0.25, 0.3) is 20.9 Å². The summed E-state index contributed by atoms with van der Waals surface area (Å²) in [4.78, 5) is 26.8. The van der Waals surface area contributed by atoms with E-state index in [4.69, 9.17) is 0 Å². The van der Waals surface area contributed by atoms with Crippen LogP contribution in [0.1, 0.15) is 42.6 Å². The molecule has 0 saturated heterocycles. The summed E-state index contributed by atoms with van der Waals surface area (Å²) in [6, 6.07) is 2.21. The average Bonchev–Trinajstić information content (AvgIpc) is 3.26. The third-order valence-corrected chi connectivity index (χ3v) is 5.79. The molecule has 0 aromatic carbocycles. The van der Waals surface area contributed by atoms with Crippen molar-refractivity contribution in [3.63, 3.8) is 0 Å². The summed E-state index contributed by atoms with van der Waals surface area (Å²) in [5.74, 6) is 0.490. The Balaban J connectivity index is 1.69. The maximum atomic E-state index is 12.7. The minimum absolute atomic E-state index is 0.0856. The van der Waals surface area contributed by atoms with E-state index in [0.29, 0.717) is 11.5 Å². The molecular weight excluding hydrogens is 328 g/mol. The first-order valence-corrected chi connectivity index (χ1v) is 9.52. The second-order valence-electron chi connectivity index (χ2n) is 5.70. The van der Waals surface area contributed by atoms with Crippen molar-refractivity contribution in [3.8, 4) is 10.7 Å². The molecule has 1 N–H and O–H groups in total. The van der Waals surface area contributed by atoms with Crippen molar-refractivity contribution in [2.75, 3.05) is 0 Å². The maximum Gasteiger partial charge on any atom is 0.271 e. The fourth-order valence-electron chi connectivity index (χ4n) is 2.95. The van der Waals surface area contributed by atoms with Gasteiger partial charge in [-0.15, -0.1) is 22.7 Å². The monoisotopic (exact) mass is 344 g/mol. The molecule has 3 heterocycles. The van der Waals surface area contributed by atoms with Crippen LogP contribution >= 0.6 is 22.7 Å². The van der Waals surface area contributed by atoms with Gasteiger partial charge in [0.25, 0.3) is 5.91 Å². The van der Waals surface area contributed by atoms with Crippen molar-refractivity contribution >= 4 is 38.8 Å². The lowest BCUT2D eigenvalue weighted by Crippen LogP contribution is -2.36. The van der Waals surface area contributed by atoms with E-state index in [2.05, 4.69) is 20.3 Å². The Morgan fingerprint density at radius 3 is 2.83 bits per heavy atom. The number of nitrogens with one attached hydrogen (secondary N) is 1. The number of hydrogen-bond acceptors (Lipinski definition) is 6. The first kappa shape index (κ1) is 14.7. The van der Waals surface area contributed by atoms with Gasteiger partial charge in [0.05, 0.1) is 20.6 Å². The highest BCUT2D eigenvalue weighted by Gasteiger charge is 2.21. The number of thiophene rings is 1. The molecule has 1 amide bonds. The molecule has 0 aliphatic heterocycles. The van der Waals surface area contributed by atoms with Crippen molar-refractivity contribution < 1.29 is 4.79 Å². The predicted molar refractivity (Wildman–Crippen MR) is 92.9 cm³/mol. The maximum absolute atomic E-state index is 12.7. The first-order chi connectivity index (χ1) is 11.3. The van der Waals surface area contributed by atoms with Gasteiger partial charge in [-0.2, -0.15) is 0 Å². The second-order valence-corrected chi connectivity index (χ2v) is 7.51. The zero-order valence-electron chi connectivity index (χ0n) is 12.5. The molecule has 0 atom stereocenters. The van der Waals surface area contributed by atoms with E-state index in [0.717, 1.165) is 27.9 Å². The lowest BCUT2D eigenvalue weighted by Gasteiger charge is -2.22. The normalized spacial score (nSPS) is 15.8. The minimum atomic E-state index is -0.0856. The number of carbonyl (C=O) groups is 1. The molecule has 0 radical (unpaired) electrons. The molecule has 3 aromatic heterocycles. The van der Waals surface area contributed by atoms with Gasteiger partial charge in [0, 0.05) is 12.2 Å². The summed E-state index contributed by atoms with van der Waals surface area (Å²) in [6.45, 7) is 0. The van der Waals surface area contributed by atoms with Gasteiger partial charge in [-0.25, -0.2) is 9.97 Å². The topological polar surface area (TPSA) is 67.8 Å². The number of aromatic nitrogens is 3. The molecule has 23 heavy (non-hydrogen) atoms. The predicted octanol–water partition coefficient (Wildman–Crippen LogP) is 3.88. The Bertz CT molecular complexity index is 822. The standard InChI is InChI=1S/C16H16N4OS2/c21-16(18-10-4-2-1-3-5-10)13-14-11(6-7-22-14)19-15(20-13)12-8-17-9-23-12/h6-10H,1-5H2,(H,18,21). The fraction of sp³-hybridized carbons (Fsp3) is 0.375. The molecule has 1 fully saturated rings. The molecule has 1 aliphatic rings. The first-order valence-electron chi connectivity index (χ1n) is 7.76. The van der Waals surface area contributed by atoms with E-state index in [1.54, 1.807) is 11.7 Å². The zero-order chi connectivity index (χ0) is 15.6. The Hall–Kier alpha value is -1.86. The van der Waals surface area contributed by atoms with E-state index >= 15 is 0 Å². The van der Waals surface area contributed by atoms with Crippen LogP contribution in [-0.4, -0.2) is 26.9 Å². The smallest absolute Gasteiger partial charge is 0.271 e. The van der Waals surface area contributed by atoms with Crippen LogP contribution < -0.4 is 5.32 Å². The zero-order valence-corrected chi connectivity index (χ0v) is 14.1. The van der Waals surface area contributed by atoms with Crippen molar-refractivity contribution in [1.29, 1.82) is 0 Å². The molecule has 5 nitrogen and oxygen atoms in total. The van der Waals surface area contributed by atoms with Gasteiger partial charge in [0.15, 0.2) is 5.82 Å². The fourth-order valence-corrected chi connectivity index (χ4v) is 4.33. The van der Waals surface area contributed by atoms with Crippen LogP contribution in [0.4, 0.5) is 0 Å². The third kappa shape index (κ3) is 2.98. The number of fused-ring (bicyclic) bond motifs is 1. The highest BCUT2D eigenvalue weighted by Crippen LogP contribution is 2.27. The summed E-state index contributed by atoms with van der Waals surface area (Å²) in [5, 5.41) is 5.11. The molecule has 3 aromatic rings. The Morgan fingerprint density at radius 2 is 2.04 bits per heavy atom. The van der Waals surface area contributed by atoms with Crippen LogP contribution in [-0.2, 0) is 0 Å². The lowest BCUT2D eigenvalue weighted by molar-refractivity contribution is 0.0924. The van der Waals surface area contributed by atoms with Gasteiger partial charge < -0.3 is 5.32 Å². The number of carbonyl (C=O) groups excluding carboxylic acids is 1. The third-order valence-electron chi connectivity index (χ3n) is 4.11. The molecule has 0 spiro atoms. The van der Waals surface area contributed by atoms with Crippen molar-refractivity contribution in [3.05, 3.63) is 28.8 Å². The SMILES string of the molecule is O=C(NC1CCCCC1)c1nc(-c2cncs2)nc2ccsc12. The number of nitrogens with zero attached hydrogens (tertiary/aromatic N) is 3. The molecule has 0 unspecified atom stereocenters. The molecule has 4 rings (SSSR count). The number of thiazole rings is 1. The number of hydrogen-bond donors (Lipinski definition) is 1. The molecule has 118 valence electrons. The Morgan fingerprint density at radius 1 is 1.17 bits per heavy atom.